The number of aliphatic hydroxyl groups is 1. The van der Waals surface area contributed by atoms with Gasteiger partial charge in [0.2, 0.25) is 0 Å². The minimum absolute atomic E-state index is 0.641. The standard InChI is InChI=1S/C13H21NO/c15-13(7-2-1-3-8-13)9-6-12-14-10-4-5-11-14/h15H,1-5,7-8,10-12H2/p+1. The summed E-state index contributed by atoms with van der Waals surface area (Å²) in [4.78, 5) is 1.60. The molecule has 2 heteroatoms. The van der Waals surface area contributed by atoms with Crippen LogP contribution in [0.3, 0.4) is 0 Å². The molecule has 0 aromatic heterocycles. The zero-order valence-electron chi connectivity index (χ0n) is 9.52. The maximum Gasteiger partial charge on any atom is 0.139 e. The lowest BCUT2D eigenvalue weighted by Gasteiger charge is -2.26. The summed E-state index contributed by atoms with van der Waals surface area (Å²) in [5.74, 6) is 6.31. The van der Waals surface area contributed by atoms with Crippen molar-refractivity contribution in [2.75, 3.05) is 19.6 Å². The van der Waals surface area contributed by atoms with Crippen molar-refractivity contribution in [2.45, 2.75) is 50.5 Å². The van der Waals surface area contributed by atoms with E-state index in [2.05, 4.69) is 11.8 Å². The Hall–Kier alpha value is -0.520. The van der Waals surface area contributed by atoms with Gasteiger partial charge in [-0.05, 0) is 31.6 Å². The summed E-state index contributed by atoms with van der Waals surface area (Å²) in [6.45, 7) is 3.47. The van der Waals surface area contributed by atoms with Crippen molar-refractivity contribution in [3.05, 3.63) is 0 Å². The molecular formula is C13H22NO+. The zero-order chi connectivity index (χ0) is 10.6. The van der Waals surface area contributed by atoms with Crippen LogP contribution in [0.15, 0.2) is 0 Å². The molecule has 1 saturated heterocycles. The van der Waals surface area contributed by atoms with Crippen molar-refractivity contribution in [3.8, 4) is 11.8 Å². The highest BCUT2D eigenvalue weighted by Crippen LogP contribution is 2.26. The van der Waals surface area contributed by atoms with Crippen molar-refractivity contribution in [3.63, 3.8) is 0 Å². The summed E-state index contributed by atoms with van der Waals surface area (Å²) in [5, 5.41) is 10.2. The first kappa shape index (κ1) is 11.0. The SMILES string of the molecule is OC1(C#CC[NH+]2CCCC2)CCCCC1. The Bertz CT molecular complexity index is 251. The quantitative estimate of drug-likeness (QED) is 0.598. The zero-order valence-corrected chi connectivity index (χ0v) is 9.52. The molecule has 0 bridgehead atoms. The third kappa shape index (κ3) is 3.22. The molecule has 2 fully saturated rings. The topological polar surface area (TPSA) is 24.7 Å². The number of hydrogen-bond donors (Lipinski definition) is 2. The van der Waals surface area contributed by atoms with E-state index in [0.29, 0.717) is 0 Å². The van der Waals surface area contributed by atoms with Crippen LogP contribution in [0.5, 0.6) is 0 Å². The van der Waals surface area contributed by atoms with E-state index in [4.69, 9.17) is 0 Å². The molecule has 0 unspecified atom stereocenters. The largest absolute Gasteiger partial charge is 0.378 e. The van der Waals surface area contributed by atoms with Crippen LogP contribution in [0, 0.1) is 11.8 Å². The predicted octanol–water partition coefficient (Wildman–Crippen LogP) is 0.364. The van der Waals surface area contributed by atoms with E-state index in [1.165, 1.54) is 32.4 Å². The molecule has 2 N–H and O–H groups in total. The molecule has 84 valence electrons. The van der Waals surface area contributed by atoms with Crippen LogP contribution in [0.4, 0.5) is 0 Å². The average Bonchev–Trinajstić information content (AvgIpc) is 2.71. The maximum absolute atomic E-state index is 10.2. The molecule has 2 aliphatic rings. The van der Waals surface area contributed by atoms with E-state index in [1.54, 1.807) is 4.90 Å². The monoisotopic (exact) mass is 208 g/mol. The van der Waals surface area contributed by atoms with Crippen LogP contribution >= 0.6 is 0 Å². The number of nitrogens with one attached hydrogen (secondary N) is 1. The minimum Gasteiger partial charge on any atom is -0.378 e. The van der Waals surface area contributed by atoms with Crippen LogP contribution in [-0.2, 0) is 0 Å². The molecule has 2 nitrogen and oxygen atoms in total. The van der Waals surface area contributed by atoms with Crippen molar-refractivity contribution in [1.82, 2.24) is 0 Å². The molecule has 2 rings (SSSR count). The fourth-order valence-electron chi connectivity index (χ4n) is 2.65. The number of quaternary nitrogens is 1. The van der Waals surface area contributed by atoms with Gasteiger partial charge in [-0.2, -0.15) is 0 Å². The first-order valence-corrected chi connectivity index (χ1v) is 6.34. The normalized spacial score (nSPS) is 25.9. The highest BCUT2D eigenvalue weighted by molar-refractivity contribution is 5.14. The second kappa shape index (κ2) is 5.01. The Morgan fingerprint density at radius 3 is 2.33 bits per heavy atom. The van der Waals surface area contributed by atoms with Crippen molar-refractivity contribution < 1.29 is 10.0 Å². The predicted molar refractivity (Wildman–Crippen MR) is 60.6 cm³/mol. The maximum atomic E-state index is 10.2. The van der Waals surface area contributed by atoms with E-state index in [-0.39, 0.29) is 0 Å². The molecule has 0 radical (unpaired) electrons. The smallest absolute Gasteiger partial charge is 0.139 e. The lowest BCUT2D eigenvalue weighted by Crippen LogP contribution is -3.09. The molecule has 1 heterocycles. The highest BCUT2D eigenvalue weighted by Gasteiger charge is 2.26. The lowest BCUT2D eigenvalue weighted by atomic mass is 9.85. The van der Waals surface area contributed by atoms with Crippen LogP contribution in [0.1, 0.15) is 44.9 Å². The van der Waals surface area contributed by atoms with Gasteiger partial charge in [0.25, 0.3) is 0 Å². The molecule has 0 atom stereocenters. The summed E-state index contributed by atoms with van der Waals surface area (Å²) in [7, 11) is 0. The third-order valence-electron chi connectivity index (χ3n) is 3.65. The summed E-state index contributed by atoms with van der Waals surface area (Å²) in [5.41, 5.74) is -0.641. The second-order valence-corrected chi connectivity index (χ2v) is 5.03. The summed E-state index contributed by atoms with van der Waals surface area (Å²) in [6.07, 6.45) is 8.01. The Balaban J connectivity index is 1.80. The molecule has 1 aliphatic heterocycles. The first-order chi connectivity index (χ1) is 7.29. The minimum atomic E-state index is -0.641. The van der Waals surface area contributed by atoms with Gasteiger partial charge >= 0.3 is 0 Å². The van der Waals surface area contributed by atoms with Crippen LogP contribution in [0.2, 0.25) is 0 Å². The molecule has 0 aromatic carbocycles. The van der Waals surface area contributed by atoms with Gasteiger partial charge in [-0.1, -0.05) is 12.3 Å². The van der Waals surface area contributed by atoms with Gasteiger partial charge in [0.05, 0.1) is 13.1 Å². The number of rotatable bonds is 1. The van der Waals surface area contributed by atoms with Gasteiger partial charge < -0.3 is 10.0 Å². The van der Waals surface area contributed by atoms with Gasteiger partial charge in [0.1, 0.15) is 12.1 Å². The van der Waals surface area contributed by atoms with Crippen LogP contribution in [-0.4, -0.2) is 30.3 Å². The van der Waals surface area contributed by atoms with Crippen molar-refractivity contribution in [2.24, 2.45) is 0 Å². The van der Waals surface area contributed by atoms with Gasteiger partial charge in [-0.25, -0.2) is 0 Å². The Morgan fingerprint density at radius 1 is 1.00 bits per heavy atom. The third-order valence-corrected chi connectivity index (χ3v) is 3.65. The van der Waals surface area contributed by atoms with Crippen LogP contribution < -0.4 is 4.90 Å². The molecule has 0 amide bonds. The summed E-state index contributed by atoms with van der Waals surface area (Å²) in [6, 6.07) is 0. The lowest BCUT2D eigenvalue weighted by molar-refractivity contribution is -0.879. The second-order valence-electron chi connectivity index (χ2n) is 5.03. The van der Waals surface area contributed by atoms with Crippen LogP contribution in [0.25, 0.3) is 0 Å². The first-order valence-electron chi connectivity index (χ1n) is 6.34. The van der Waals surface area contributed by atoms with E-state index < -0.39 is 5.60 Å². The van der Waals surface area contributed by atoms with Gasteiger partial charge in [0.15, 0.2) is 0 Å². The van der Waals surface area contributed by atoms with Crippen molar-refractivity contribution in [1.29, 1.82) is 0 Å². The molecule has 0 spiro atoms. The van der Waals surface area contributed by atoms with E-state index in [9.17, 15) is 5.11 Å². The Morgan fingerprint density at radius 2 is 1.67 bits per heavy atom. The fraction of sp³-hybridized carbons (Fsp3) is 0.846. The molecule has 0 aromatic rings. The van der Waals surface area contributed by atoms with E-state index in [0.717, 1.165) is 32.2 Å². The highest BCUT2D eigenvalue weighted by atomic mass is 16.3. The number of likely N-dealkylation sites (tertiary alicyclic amines) is 1. The van der Waals surface area contributed by atoms with Crippen molar-refractivity contribution >= 4 is 0 Å². The number of hydrogen-bond acceptors (Lipinski definition) is 1. The van der Waals surface area contributed by atoms with Gasteiger partial charge in [-0.3, -0.25) is 0 Å². The summed E-state index contributed by atoms with van der Waals surface area (Å²) >= 11 is 0. The molecular weight excluding hydrogens is 186 g/mol. The Labute approximate surface area is 92.7 Å². The van der Waals surface area contributed by atoms with E-state index in [1.807, 2.05) is 0 Å². The summed E-state index contributed by atoms with van der Waals surface area (Å²) < 4.78 is 0. The Kier molecular flexibility index (Phi) is 3.66. The van der Waals surface area contributed by atoms with Gasteiger partial charge in [-0.15, -0.1) is 0 Å². The average molecular weight is 208 g/mol. The fourth-order valence-corrected chi connectivity index (χ4v) is 2.65. The molecule has 1 aliphatic carbocycles. The molecule has 1 saturated carbocycles. The van der Waals surface area contributed by atoms with E-state index >= 15 is 0 Å². The molecule has 15 heavy (non-hydrogen) atoms. The van der Waals surface area contributed by atoms with Gasteiger partial charge in [0, 0.05) is 12.8 Å².